The van der Waals surface area contributed by atoms with Gasteiger partial charge in [0.25, 0.3) is 10.0 Å². The molecule has 0 saturated carbocycles. The van der Waals surface area contributed by atoms with Crippen LogP contribution in [0.3, 0.4) is 0 Å². The van der Waals surface area contributed by atoms with Gasteiger partial charge in [-0.25, -0.2) is 18.5 Å². The zero-order chi connectivity index (χ0) is 22.0. The van der Waals surface area contributed by atoms with Gasteiger partial charge in [0.2, 0.25) is 0 Å². The highest BCUT2D eigenvalue weighted by atomic mass is 35.5. The van der Waals surface area contributed by atoms with E-state index in [1.165, 1.54) is 34.8 Å². The molecule has 164 valence electrons. The highest BCUT2D eigenvalue weighted by molar-refractivity contribution is 7.89. The van der Waals surface area contributed by atoms with Crippen LogP contribution in [0.5, 0.6) is 0 Å². The van der Waals surface area contributed by atoms with Gasteiger partial charge >= 0.3 is 0 Å². The monoisotopic (exact) mass is 458 g/mol. The number of halogens is 1. The molecule has 1 heterocycles. The Morgan fingerprint density at radius 3 is 2.77 bits per heavy atom. The lowest BCUT2D eigenvalue weighted by Crippen LogP contribution is -2.23. The SMILES string of the molecule is CNCC1Cc2ccc(CCn3cnc(S(N)(=O)=O)c3)cc2C1Cc1cccc(Cl)c1. The number of benzene rings is 2. The van der Waals surface area contributed by atoms with Crippen molar-refractivity contribution in [2.75, 3.05) is 13.6 Å². The summed E-state index contributed by atoms with van der Waals surface area (Å²) in [4.78, 5) is 3.89. The molecule has 0 fully saturated rings. The lowest BCUT2D eigenvalue weighted by Gasteiger charge is -2.21. The van der Waals surface area contributed by atoms with E-state index in [1.807, 2.05) is 19.2 Å². The molecule has 2 aromatic carbocycles. The number of hydrogen-bond donors (Lipinski definition) is 2. The van der Waals surface area contributed by atoms with Crippen LogP contribution in [0.15, 0.2) is 60.0 Å². The first kappa shape index (κ1) is 22.0. The third-order valence-corrected chi connectivity index (χ3v) is 7.06. The van der Waals surface area contributed by atoms with Gasteiger partial charge < -0.3 is 9.88 Å². The number of nitrogens with two attached hydrogens (primary N) is 1. The van der Waals surface area contributed by atoms with E-state index in [0.717, 1.165) is 30.8 Å². The van der Waals surface area contributed by atoms with Crippen molar-refractivity contribution in [3.63, 3.8) is 0 Å². The molecule has 0 spiro atoms. The summed E-state index contributed by atoms with van der Waals surface area (Å²) in [6, 6.07) is 14.9. The summed E-state index contributed by atoms with van der Waals surface area (Å²) >= 11 is 6.22. The number of nitrogens with zero attached hydrogens (tertiary/aromatic N) is 2. The second kappa shape index (κ2) is 9.12. The highest BCUT2D eigenvalue weighted by Gasteiger charge is 2.32. The molecule has 0 amide bonds. The van der Waals surface area contributed by atoms with Gasteiger partial charge in [0.15, 0.2) is 5.03 Å². The fourth-order valence-corrected chi connectivity index (χ4v) is 5.24. The molecule has 31 heavy (non-hydrogen) atoms. The molecule has 0 radical (unpaired) electrons. The first-order valence-electron chi connectivity index (χ1n) is 10.4. The molecule has 2 atom stereocenters. The molecule has 0 aliphatic heterocycles. The van der Waals surface area contributed by atoms with Crippen molar-refractivity contribution in [2.45, 2.75) is 36.8 Å². The number of sulfonamides is 1. The summed E-state index contributed by atoms with van der Waals surface area (Å²) < 4.78 is 24.6. The van der Waals surface area contributed by atoms with E-state index < -0.39 is 10.0 Å². The fraction of sp³-hybridized carbons (Fsp3) is 0.348. The third-order valence-electron chi connectivity index (χ3n) is 6.03. The van der Waals surface area contributed by atoms with Crippen LogP contribution in [0.2, 0.25) is 5.02 Å². The van der Waals surface area contributed by atoms with Gasteiger partial charge in [-0.05, 0) is 79.1 Å². The number of fused-ring (bicyclic) bond motifs is 1. The van der Waals surface area contributed by atoms with Crippen LogP contribution in [0.4, 0.5) is 0 Å². The maximum absolute atomic E-state index is 11.4. The quantitative estimate of drug-likeness (QED) is 0.542. The first-order valence-corrected chi connectivity index (χ1v) is 12.3. The van der Waals surface area contributed by atoms with E-state index in [1.54, 1.807) is 4.57 Å². The Bertz CT molecular complexity index is 1180. The lowest BCUT2D eigenvalue weighted by molar-refractivity contribution is 0.436. The van der Waals surface area contributed by atoms with Crippen molar-refractivity contribution in [2.24, 2.45) is 11.1 Å². The molecule has 1 aliphatic carbocycles. The Labute approximate surface area is 188 Å². The van der Waals surface area contributed by atoms with Crippen molar-refractivity contribution >= 4 is 21.6 Å². The summed E-state index contributed by atoms with van der Waals surface area (Å²) in [6.07, 6.45) is 5.81. The Morgan fingerprint density at radius 2 is 2.06 bits per heavy atom. The predicted octanol–water partition coefficient (Wildman–Crippen LogP) is 3.14. The van der Waals surface area contributed by atoms with Crippen molar-refractivity contribution in [3.8, 4) is 0 Å². The number of aryl methyl sites for hydroxylation is 2. The van der Waals surface area contributed by atoms with E-state index in [9.17, 15) is 8.42 Å². The predicted molar refractivity (Wildman–Crippen MR) is 123 cm³/mol. The maximum Gasteiger partial charge on any atom is 0.257 e. The molecule has 3 aromatic rings. The molecule has 2 unspecified atom stereocenters. The van der Waals surface area contributed by atoms with Crippen LogP contribution in [0.1, 0.15) is 28.2 Å². The van der Waals surface area contributed by atoms with Crippen LogP contribution in [-0.2, 0) is 35.8 Å². The Kier molecular flexibility index (Phi) is 6.48. The number of primary sulfonamides is 1. The van der Waals surface area contributed by atoms with Crippen LogP contribution >= 0.6 is 11.6 Å². The second-order valence-electron chi connectivity index (χ2n) is 8.24. The van der Waals surface area contributed by atoms with Crippen molar-refractivity contribution < 1.29 is 8.42 Å². The van der Waals surface area contributed by atoms with E-state index in [2.05, 4.69) is 40.6 Å². The maximum atomic E-state index is 11.4. The molecular formula is C23H27ClN4O2S. The molecular weight excluding hydrogens is 432 g/mol. The molecule has 0 bridgehead atoms. The average molecular weight is 459 g/mol. The van der Waals surface area contributed by atoms with Gasteiger partial charge in [0.1, 0.15) is 0 Å². The van der Waals surface area contributed by atoms with Crippen molar-refractivity contribution in [1.29, 1.82) is 0 Å². The van der Waals surface area contributed by atoms with Crippen LogP contribution in [0, 0.1) is 5.92 Å². The number of hydrogen-bond acceptors (Lipinski definition) is 4. The number of aromatic nitrogens is 2. The molecule has 1 aliphatic rings. The third kappa shape index (κ3) is 5.18. The topological polar surface area (TPSA) is 90.0 Å². The minimum atomic E-state index is -3.77. The summed E-state index contributed by atoms with van der Waals surface area (Å²) in [5.41, 5.74) is 5.31. The van der Waals surface area contributed by atoms with Gasteiger partial charge in [-0.15, -0.1) is 0 Å². The second-order valence-corrected chi connectivity index (χ2v) is 10.2. The standard InChI is InChI=1S/C23H27ClN4O2S/c1-26-13-19-12-18-6-5-16(7-8-28-14-23(27-15-28)31(25,29)30)10-21(18)22(19)11-17-3-2-4-20(24)9-17/h2-6,9-10,14-15,19,22,26H,7-8,11-13H2,1H3,(H2,25,29,30). The number of rotatable bonds is 8. The van der Waals surface area contributed by atoms with Crippen LogP contribution in [-0.4, -0.2) is 31.6 Å². The molecule has 0 saturated heterocycles. The Hall–Kier alpha value is -2.19. The van der Waals surface area contributed by atoms with E-state index >= 15 is 0 Å². The Balaban J connectivity index is 1.53. The van der Waals surface area contributed by atoms with Crippen LogP contribution in [0.25, 0.3) is 0 Å². The normalized spacial score (nSPS) is 18.3. The van der Waals surface area contributed by atoms with Crippen LogP contribution < -0.4 is 10.5 Å². The number of nitrogens with one attached hydrogen (secondary N) is 1. The minimum absolute atomic E-state index is 0.0991. The van der Waals surface area contributed by atoms with Gasteiger partial charge in [0.05, 0.1) is 6.33 Å². The van der Waals surface area contributed by atoms with Gasteiger partial charge in [-0.1, -0.05) is 41.9 Å². The zero-order valence-corrected chi connectivity index (χ0v) is 19.0. The van der Waals surface area contributed by atoms with E-state index in [0.29, 0.717) is 18.4 Å². The van der Waals surface area contributed by atoms with Crippen molar-refractivity contribution in [1.82, 2.24) is 14.9 Å². The van der Waals surface area contributed by atoms with Gasteiger partial charge in [-0.2, -0.15) is 0 Å². The highest BCUT2D eigenvalue weighted by Crippen LogP contribution is 2.40. The lowest BCUT2D eigenvalue weighted by atomic mass is 9.86. The Morgan fingerprint density at radius 1 is 1.23 bits per heavy atom. The fourth-order valence-electron chi connectivity index (χ4n) is 4.55. The molecule has 8 heteroatoms. The van der Waals surface area contributed by atoms with Crippen molar-refractivity contribution in [3.05, 3.63) is 82.3 Å². The summed E-state index contributed by atoms with van der Waals surface area (Å²) in [5, 5.41) is 9.17. The summed E-state index contributed by atoms with van der Waals surface area (Å²) in [6.45, 7) is 1.61. The zero-order valence-electron chi connectivity index (χ0n) is 17.5. The minimum Gasteiger partial charge on any atom is -0.336 e. The molecule has 6 nitrogen and oxygen atoms in total. The van der Waals surface area contributed by atoms with Gasteiger partial charge in [-0.3, -0.25) is 0 Å². The molecule has 1 aromatic heterocycles. The molecule has 4 rings (SSSR count). The summed E-state index contributed by atoms with van der Waals surface area (Å²) in [7, 11) is -1.77. The van der Waals surface area contributed by atoms with E-state index in [4.69, 9.17) is 16.7 Å². The van der Waals surface area contributed by atoms with E-state index in [-0.39, 0.29) is 5.03 Å². The summed E-state index contributed by atoms with van der Waals surface area (Å²) in [5.74, 6) is 0.975. The molecule has 3 N–H and O–H groups in total. The average Bonchev–Trinajstić information content (AvgIpc) is 3.32. The van der Waals surface area contributed by atoms with Gasteiger partial charge in [0, 0.05) is 17.8 Å². The largest absolute Gasteiger partial charge is 0.336 e. The number of imidazole rings is 1. The first-order chi connectivity index (χ1) is 14.8. The smallest absolute Gasteiger partial charge is 0.257 e.